The highest BCUT2D eigenvalue weighted by Crippen LogP contribution is 2.17. The quantitative estimate of drug-likeness (QED) is 0.841. The molecule has 1 aliphatic heterocycles. The lowest BCUT2D eigenvalue weighted by Gasteiger charge is -2.11. The fourth-order valence-electron chi connectivity index (χ4n) is 1.82. The topological polar surface area (TPSA) is 42.7 Å². The van der Waals surface area contributed by atoms with Gasteiger partial charge in [-0.15, -0.1) is 12.4 Å². The number of fused-ring (bicyclic) bond motifs is 1. The second-order valence-corrected chi connectivity index (χ2v) is 3.76. The summed E-state index contributed by atoms with van der Waals surface area (Å²) in [4.78, 5) is 4.38. The molecular weight excluding hydrogens is 243 g/mol. The van der Waals surface area contributed by atoms with Crippen LogP contribution in [0.3, 0.4) is 0 Å². The lowest BCUT2D eigenvalue weighted by Crippen LogP contribution is -2.28. The summed E-state index contributed by atoms with van der Waals surface area (Å²) in [5, 5.41) is 7.58. The van der Waals surface area contributed by atoms with E-state index < -0.39 is 0 Å². The van der Waals surface area contributed by atoms with Crippen molar-refractivity contribution in [3.63, 3.8) is 0 Å². The minimum absolute atomic E-state index is 0. The minimum Gasteiger partial charge on any atom is -0.308 e. The lowest BCUT2D eigenvalue weighted by atomic mass is 10.2. The average molecular weight is 255 g/mol. The molecule has 0 radical (unpaired) electrons. The highest BCUT2D eigenvalue weighted by atomic mass is 35.5. The molecule has 0 unspecified atom stereocenters. The molecule has 2 heterocycles. The average Bonchev–Trinajstić information content (AvgIpc) is 2.72. The Morgan fingerprint density at radius 2 is 2.24 bits per heavy atom. The van der Waals surface area contributed by atoms with Crippen LogP contribution in [0.4, 0.5) is 4.39 Å². The molecule has 1 aliphatic rings. The van der Waals surface area contributed by atoms with E-state index in [1.54, 1.807) is 6.07 Å². The minimum atomic E-state index is -0.261. The van der Waals surface area contributed by atoms with Crippen LogP contribution < -0.4 is 5.32 Å². The zero-order valence-electron chi connectivity index (χ0n) is 9.06. The molecule has 0 bridgehead atoms. The van der Waals surface area contributed by atoms with Crippen molar-refractivity contribution in [2.75, 3.05) is 6.54 Å². The van der Waals surface area contributed by atoms with Crippen LogP contribution in [0, 0.1) is 5.82 Å². The number of aromatic nitrogens is 3. The Bertz CT molecular complexity index is 502. The van der Waals surface area contributed by atoms with Crippen LogP contribution in [0.25, 0.3) is 11.4 Å². The van der Waals surface area contributed by atoms with E-state index in [1.807, 2.05) is 10.7 Å². The molecule has 1 aromatic heterocycles. The molecule has 4 nitrogen and oxygen atoms in total. The summed E-state index contributed by atoms with van der Waals surface area (Å²) in [5.74, 6) is 1.24. The molecule has 6 heteroatoms. The van der Waals surface area contributed by atoms with E-state index in [0.717, 1.165) is 31.0 Å². The van der Waals surface area contributed by atoms with Gasteiger partial charge in [-0.05, 0) is 12.1 Å². The number of rotatable bonds is 1. The zero-order chi connectivity index (χ0) is 11.0. The third-order valence-corrected chi connectivity index (χ3v) is 2.61. The van der Waals surface area contributed by atoms with Gasteiger partial charge in [0.05, 0.1) is 13.1 Å². The van der Waals surface area contributed by atoms with Crippen LogP contribution in [-0.4, -0.2) is 21.3 Å². The summed E-state index contributed by atoms with van der Waals surface area (Å²) in [6.45, 7) is 2.44. The fourth-order valence-corrected chi connectivity index (χ4v) is 1.82. The monoisotopic (exact) mass is 254 g/mol. The van der Waals surface area contributed by atoms with Crippen molar-refractivity contribution in [2.24, 2.45) is 0 Å². The Labute approximate surface area is 104 Å². The van der Waals surface area contributed by atoms with Crippen LogP contribution >= 0.6 is 12.4 Å². The SMILES string of the molecule is Cl.Fc1cccc(-c2nc3n(n2)CCNC3)c1. The molecule has 90 valence electrons. The summed E-state index contributed by atoms with van der Waals surface area (Å²) in [5.41, 5.74) is 0.724. The van der Waals surface area contributed by atoms with Crippen LogP contribution in [0.2, 0.25) is 0 Å². The first-order valence-corrected chi connectivity index (χ1v) is 5.23. The van der Waals surface area contributed by atoms with Gasteiger partial charge in [0.2, 0.25) is 0 Å². The van der Waals surface area contributed by atoms with Crippen LogP contribution in [-0.2, 0) is 13.1 Å². The van der Waals surface area contributed by atoms with Gasteiger partial charge in [0, 0.05) is 12.1 Å². The number of hydrogen-bond donors (Lipinski definition) is 1. The van der Waals surface area contributed by atoms with Crippen molar-refractivity contribution in [1.82, 2.24) is 20.1 Å². The maximum Gasteiger partial charge on any atom is 0.181 e. The van der Waals surface area contributed by atoms with Crippen molar-refractivity contribution in [3.05, 3.63) is 35.9 Å². The predicted octanol–water partition coefficient (Wildman–Crippen LogP) is 1.61. The van der Waals surface area contributed by atoms with Crippen LogP contribution in [0.5, 0.6) is 0 Å². The second-order valence-electron chi connectivity index (χ2n) is 3.76. The van der Waals surface area contributed by atoms with E-state index in [2.05, 4.69) is 15.4 Å². The normalized spacial score (nSPS) is 13.9. The van der Waals surface area contributed by atoms with Gasteiger partial charge in [0.1, 0.15) is 11.6 Å². The molecule has 1 aromatic carbocycles. The molecule has 0 saturated carbocycles. The number of nitrogens with zero attached hydrogens (tertiary/aromatic N) is 3. The van der Waals surface area contributed by atoms with Gasteiger partial charge in [-0.1, -0.05) is 12.1 Å². The Kier molecular flexibility index (Phi) is 3.40. The third kappa shape index (κ3) is 2.30. The fraction of sp³-hybridized carbons (Fsp3) is 0.273. The summed E-state index contributed by atoms with van der Waals surface area (Å²) in [7, 11) is 0. The van der Waals surface area contributed by atoms with E-state index in [-0.39, 0.29) is 18.2 Å². The molecule has 0 atom stereocenters. The van der Waals surface area contributed by atoms with Gasteiger partial charge < -0.3 is 5.32 Å². The van der Waals surface area contributed by atoms with E-state index in [0.29, 0.717) is 5.82 Å². The maximum atomic E-state index is 13.1. The smallest absolute Gasteiger partial charge is 0.181 e. The molecule has 1 N–H and O–H groups in total. The van der Waals surface area contributed by atoms with E-state index in [1.165, 1.54) is 12.1 Å². The van der Waals surface area contributed by atoms with Gasteiger partial charge in [-0.2, -0.15) is 5.10 Å². The molecule has 3 rings (SSSR count). The first kappa shape index (κ1) is 12.0. The summed E-state index contributed by atoms with van der Waals surface area (Å²) >= 11 is 0. The number of benzene rings is 1. The maximum absolute atomic E-state index is 13.1. The first-order chi connectivity index (χ1) is 7.83. The van der Waals surface area contributed by atoms with Crippen LogP contribution in [0.15, 0.2) is 24.3 Å². The summed E-state index contributed by atoms with van der Waals surface area (Å²) < 4.78 is 14.9. The van der Waals surface area contributed by atoms with Crippen molar-refractivity contribution < 1.29 is 4.39 Å². The molecule has 0 saturated heterocycles. The highest BCUT2D eigenvalue weighted by Gasteiger charge is 2.14. The standard InChI is InChI=1S/C11H11FN4.ClH/c12-9-3-1-2-8(6-9)11-14-10-7-13-4-5-16(10)15-11;/h1-3,6,13H,4-5,7H2;1H. The molecule has 0 aliphatic carbocycles. The first-order valence-electron chi connectivity index (χ1n) is 5.23. The van der Waals surface area contributed by atoms with Gasteiger partial charge in [0.25, 0.3) is 0 Å². The van der Waals surface area contributed by atoms with Gasteiger partial charge in [-0.3, -0.25) is 0 Å². The van der Waals surface area contributed by atoms with Crippen molar-refractivity contribution in [2.45, 2.75) is 13.1 Å². The number of hydrogen-bond acceptors (Lipinski definition) is 3. The number of halogens is 2. The van der Waals surface area contributed by atoms with Gasteiger partial charge in [0.15, 0.2) is 5.82 Å². The van der Waals surface area contributed by atoms with Crippen LogP contribution in [0.1, 0.15) is 5.82 Å². The van der Waals surface area contributed by atoms with Crippen molar-refractivity contribution in [1.29, 1.82) is 0 Å². The Morgan fingerprint density at radius 3 is 3.00 bits per heavy atom. The Morgan fingerprint density at radius 1 is 1.35 bits per heavy atom. The van der Waals surface area contributed by atoms with Crippen molar-refractivity contribution >= 4 is 12.4 Å². The Balaban J connectivity index is 0.00000108. The molecule has 17 heavy (non-hydrogen) atoms. The molecule has 0 amide bonds. The van der Waals surface area contributed by atoms with E-state index >= 15 is 0 Å². The largest absolute Gasteiger partial charge is 0.308 e. The highest BCUT2D eigenvalue weighted by molar-refractivity contribution is 5.85. The molecule has 0 fully saturated rings. The second kappa shape index (κ2) is 4.81. The molecule has 2 aromatic rings. The molecule has 0 spiro atoms. The summed E-state index contributed by atoms with van der Waals surface area (Å²) in [6.07, 6.45) is 0. The van der Waals surface area contributed by atoms with Crippen molar-refractivity contribution in [3.8, 4) is 11.4 Å². The predicted molar refractivity (Wildman–Crippen MR) is 64.4 cm³/mol. The third-order valence-electron chi connectivity index (χ3n) is 2.61. The van der Waals surface area contributed by atoms with Gasteiger partial charge in [-0.25, -0.2) is 14.1 Å². The zero-order valence-corrected chi connectivity index (χ0v) is 9.88. The van der Waals surface area contributed by atoms with E-state index in [4.69, 9.17) is 0 Å². The lowest BCUT2D eigenvalue weighted by molar-refractivity contribution is 0.469. The number of nitrogens with one attached hydrogen (secondary N) is 1. The van der Waals surface area contributed by atoms with Gasteiger partial charge >= 0.3 is 0 Å². The van der Waals surface area contributed by atoms with E-state index in [9.17, 15) is 4.39 Å². The Hall–Kier alpha value is -1.46. The molecular formula is C11H12ClFN4. The summed E-state index contributed by atoms with van der Waals surface area (Å²) in [6, 6.07) is 6.36.